The highest BCUT2D eigenvalue weighted by molar-refractivity contribution is 5.84. The molecular weight excluding hydrogens is 150 g/mol. The maximum Gasteiger partial charge on any atom is 0.227 e. The van der Waals surface area contributed by atoms with Crippen molar-refractivity contribution in [1.82, 2.24) is 4.90 Å². The fourth-order valence-corrected chi connectivity index (χ4v) is 2.52. The molecule has 1 amide bonds. The van der Waals surface area contributed by atoms with Gasteiger partial charge in [-0.25, -0.2) is 0 Å². The Labute approximate surface area is 73.9 Å². The van der Waals surface area contributed by atoms with Crippen LogP contribution in [0.3, 0.4) is 0 Å². The fraction of sp³-hybridized carbons (Fsp3) is 0.900. The molecule has 0 spiro atoms. The molecule has 2 aliphatic rings. The maximum absolute atomic E-state index is 11.4. The van der Waals surface area contributed by atoms with Crippen molar-refractivity contribution in [2.45, 2.75) is 32.1 Å². The summed E-state index contributed by atoms with van der Waals surface area (Å²) < 4.78 is 0. The van der Waals surface area contributed by atoms with Crippen LogP contribution in [0.1, 0.15) is 32.1 Å². The molecule has 0 aromatic rings. The highest BCUT2D eigenvalue weighted by Crippen LogP contribution is 2.35. The number of amides is 1. The molecule has 2 rings (SSSR count). The second kappa shape index (κ2) is 3.08. The lowest BCUT2D eigenvalue weighted by molar-refractivity contribution is -0.149. The summed E-state index contributed by atoms with van der Waals surface area (Å²) in [6, 6.07) is 0. The molecule has 0 aromatic carbocycles. The van der Waals surface area contributed by atoms with Gasteiger partial charge in [-0.3, -0.25) is 4.79 Å². The van der Waals surface area contributed by atoms with Gasteiger partial charge in [0.25, 0.3) is 0 Å². The van der Waals surface area contributed by atoms with E-state index in [1.807, 2.05) is 11.9 Å². The Morgan fingerprint density at radius 3 is 2.42 bits per heavy atom. The number of hydrogen-bond acceptors (Lipinski definition) is 1. The lowest BCUT2D eigenvalue weighted by Gasteiger charge is -2.41. The van der Waals surface area contributed by atoms with E-state index in [1.54, 1.807) is 0 Å². The highest BCUT2D eigenvalue weighted by Gasteiger charge is 2.39. The number of rotatable bonds is 1. The largest absolute Gasteiger partial charge is 0.345 e. The van der Waals surface area contributed by atoms with Crippen LogP contribution in [0.2, 0.25) is 0 Å². The van der Waals surface area contributed by atoms with Crippen molar-refractivity contribution in [2.75, 3.05) is 13.6 Å². The van der Waals surface area contributed by atoms with Gasteiger partial charge >= 0.3 is 0 Å². The molecule has 1 saturated carbocycles. The topological polar surface area (TPSA) is 20.3 Å². The van der Waals surface area contributed by atoms with Gasteiger partial charge in [-0.15, -0.1) is 0 Å². The second-order valence-electron chi connectivity index (χ2n) is 4.22. The van der Waals surface area contributed by atoms with Gasteiger partial charge in [-0.05, 0) is 18.8 Å². The number of hydrogen-bond donors (Lipinski definition) is 0. The summed E-state index contributed by atoms with van der Waals surface area (Å²) in [6.45, 7) is 1.02. The molecule has 2 fully saturated rings. The summed E-state index contributed by atoms with van der Waals surface area (Å²) in [4.78, 5) is 13.2. The Morgan fingerprint density at radius 2 is 1.92 bits per heavy atom. The quantitative estimate of drug-likeness (QED) is 0.544. The molecule has 1 heterocycles. The Balaban J connectivity index is 1.88. The average molecular weight is 167 g/mol. The molecule has 0 N–H and O–H groups in total. The van der Waals surface area contributed by atoms with Gasteiger partial charge < -0.3 is 4.90 Å². The zero-order chi connectivity index (χ0) is 8.55. The minimum Gasteiger partial charge on any atom is -0.345 e. The van der Waals surface area contributed by atoms with Crippen molar-refractivity contribution in [1.29, 1.82) is 0 Å². The lowest BCUT2D eigenvalue weighted by Crippen LogP contribution is -2.53. The van der Waals surface area contributed by atoms with Gasteiger partial charge in [-0.2, -0.15) is 0 Å². The van der Waals surface area contributed by atoms with E-state index in [9.17, 15) is 4.79 Å². The molecule has 12 heavy (non-hydrogen) atoms. The van der Waals surface area contributed by atoms with Crippen molar-refractivity contribution in [3.63, 3.8) is 0 Å². The molecule has 2 nitrogen and oxygen atoms in total. The zero-order valence-corrected chi connectivity index (χ0v) is 7.75. The Bertz CT molecular complexity index is 184. The predicted octanol–water partition coefficient (Wildman–Crippen LogP) is 1.65. The van der Waals surface area contributed by atoms with Gasteiger partial charge in [0.2, 0.25) is 5.91 Å². The smallest absolute Gasteiger partial charge is 0.227 e. The molecule has 1 aliphatic heterocycles. The predicted molar refractivity (Wildman–Crippen MR) is 47.7 cm³/mol. The third kappa shape index (κ3) is 1.23. The number of carbonyl (C=O) groups excluding carboxylic acids is 1. The monoisotopic (exact) mass is 167 g/mol. The lowest BCUT2D eigenvalue weighted by atomic mass is 9.76. The molecule has 1 saturated heterocycles. The summed E-state index contributed by atoms with van der Waals surface area (Å²) in [7, 11) is 1.90. The van der Waals surface area contributed by atoms with Crippen molar-refractivity contribution in [2.24, 2.45) is 11.8 Å². The molecule has 0 bridgehead atoms. The summed E-state index contributed by atoms with van der Waals surface area (Å²) in [5.74, 6) is 1.51. The first-order chi connectivity index (χ1) is 5.79. The average Bonchev–Trinajstić information content (AvgIpc) is 2.15. The molecule has 1 unspecified atom stereocenters. The molecule has 0 radical (unpaired) electrons. The Hall–Kier alpha value is -0.530. The standard InChI is InChI=1S/C10H17NO/c1-11-7-9(10(11)12)8-5-3-2-4-6-8/h8-9H,2-7H2,1H3. The van der Waals surface area contributed by atoms with Crippen LogP contribution in [-0.2, 0) is 4.79 Å². The van der Waals surface area contributed by atoms with E-state index in [0.717, 1.165) is 12.5 Å². The minimum atomic E-state index is 0.391. The molecule has 0 aromatic heterocycles. The Kier molecular flexibility index (Phi) is 2.07. The normalized spacial score (nSPS) is 31.9. The summed E-state index contributed by atoms with van der Waals surface area (Å²) >= 11 is 0. The minimum absolute atomic E-state index is 0.391. The third-order valence-electron chi connectivity index (χ3n) is 3.38. The first-order valence-electron chi connectivity index (χ1n) is 5.04. The van der Waals surface area contributed by atoms with E-state index in [2.05, 4.69) is 0 Å². The van der Waals surface area contributed by atoms with Crippen LogP contribution >= 0.6 is 0 Å². The van der Waals surface area contributed by atoms with Crippen LogP contribution in [0.4, 0.5) is 0 Å². The van der Waals surface area contributed by atoms with Crippen LogP contribution in [0.15, 0.2) is 0 Å². The van der Waals surface area contributed by atoms with Crippen molar-refractivity contribution >= 4 is 5.91 Å². The van der Waals surface area contributed by atoms with Gasteiger partial charge in [-0.1, -0.05) is 19.3 Å². The van der Waals surface area contributed by atoms with E-state index in [4.69, 9.17) is 0 Å². The van der Waals surface area contributed by atoms with Crippen molar-refractivity contribution in [3.8, 4) is 0 Å². The van der Waals surface area contributed by atoms with Crippen LogP contribution in [0, 0.1) is 11.8 Å². The summed E-state index contributed by atoms with van der Waals surface area (Å²) in [6.07, 6.45) is 6.66. The van der Waals surface area contributed by atoms with E-state index in [1.165, 1.54) is 32.1 Å². The van der Waals surface area contributed by atoms with Gasteiger partial charge in [0, 0.05) is 13.6 Å². The second-order valence-corrected chi connectivity index (χ2v) is 4.22. The number of likely N-dealkylation sites (tertiary alicyclic amines) is 1. The Morgan fingerprint density at radius 1 is 1.25 bits per heavy atom. The van der Waals surface area contributed by atoms with Crippen molar-refractivity contribution < 1.29 is 4.79 Å². The maximum atomic E-state index is 11.4. The molecule has 1 aliphatic carbocycles. The van der Waals surface area contributed by atoms with E-state index in [0.29, 0.717) is 11.8 Å². The van der Waals surface area contributed by atoms with Crippen LogP contribution in [0.5, 0.6) is 0 Å². The first kappa shape index (κ1) is 8.09. The van der Waals surface area contributed by atoms with Gasteiger partial charge in [0.1, 0.15) is 0 Å². The van der Waals surface area contributed by atoms with Crippen molar-refractivity contribution in [3.05, 3.63) is 0 Å². The van der Waals surface area contributed by atoms with Crippen LogP contribution in [-0.4, -0.2) is 24.4 Å². The molecule has 68 valence electrons. The number of β-lactam (4-membered cyclic amide) rings is 1. The molecule has 2 heteroatoms. The van der Waals surface area contributed by atoms with Crippen LogP contribution in [0.25, 0.3) is 0 Å². The van der Waals surface area contributed by atoms with E-state index >= 15 is 0 Å². The van der Waals surface area contributed by atoms with Gasteiger partial charge in [0.05, 0.1) is 5.92 Å². The highest BCUT2D eigenvalue weighted by atomic mass is 16.2. The van der Waals surface area contributed by atoms with E-state index < -0.39 is 0 Å². The number of nitrogens with zero attached hydrogens (tertiary/aromatic N) is 1. The fourth-order valence-electron chi connectivity index (χ4n) is 2.52. The first-order valence-corrected chi connectivity index (χ1v) is 5.04. The van der Waals surface area contributed by atoms with Gasteiger partial charge in [0.15, 0.2) is 0 Å². The zero-order valence-electron chi connectivity index (χ0n) is 7.75. The SMILES string of the molecule is CN1CC(C2CCCCC2)C1=O. The summed E-state index contributed by atoms with van der Waals surface area (Å²) in [5, 5.41) is 0. The summed E-state index contributed by atoms with van der Waals surface area (Å²) in [5.41, 5.74) is 0. The molecular formula is C10H17NO. The third-order valence-corrected chi connectivity index (χ3v) is 3.38. The van der Waals surface area contributed by atoms with E-state index in [-0.39, 0.29) is 0 Å². The number of carbonyl (C=O) groups is 1. The molecule has 1 atom stereocenters. The van der Waals surface area contributed by atoms with Crippen LogP contribution < -0.4 is 0 Å².